The second-order valence-electron chi connectivity index (χ2n) is 6.77. The van der Waals surface area contributed by atoms with Gasteiger partial charge < -0.3 is 5.32 Å². The molecule has 1 saturated carbocycles. The standard InChI is InChI=1S/C16H28N2O2/c1-11(2)16(12(3)19)17-15(20)10-18-9-8-13-6-4-5-7-14(13)18/h11,13-14,16H,4-10H2,1-3H3,(H,17,20). The molecule has 114 valence electrons. The second-order valence-corrected chi connectivity index (χ2v) is 6.77. The van der Waals surface area contributed by atoms with Gasteiger partial charge in [-0.15, -0.1) is 0 Å². The molecule has 1 aliphatic heterocycles. The maximum atomic E-state index is 12.2. The molecule has 1 N–H and O–H groups in total. The molecular formula is C16H28N2O2. The van der Waals surface area contributed by atoms with E-state index in [2.05, 4.69) is 10.2 Å². The van der Waals surface area contributed by atoms with Crippen molar-refractivity contribution >= 4 is 11.7 Å². The summed E-state index contributed by atoms with van der Waals surface area (Å²) in [6.45, 7) is 6.99. The van der Waals surface area contributed by atoms with Crippen molar-refractivity contribution in [3.05, 3.63) is 0 Å². The van der Waals surface area contributed by atoms with Gasteiger partial charge in [-0.05, 0) is 44.6 Å². The molecule has 4 heteroatoms. The Kier molecular flexibility index (Phi) is 5.19. The van der Waals surface area contributed by atoms with E-state index in [9.17, 15) is 9.59 Å². The number of amides is 1. The third kappa shape index (κ3) is 3.60. The van der Waals surface area contributed by atoms with Gasteiger partial charge >= 0.3 is 0 Å². The third-order valence-corrected chi connectivity index (χ3v) is 4.89. The minimum atomic E-state index is -0.341. The summed E-state index contributed by atoms with van der Waals surface area (Å²) in [5, 5.41) is 2.91. The molecule has 1 saturated heterocycles. The van der Waals surface area contributed by atoms with Crippen molar-refractivity contribution in [1.29, 1.82) is 0 Å². The van der Waals surface area contributed by atoms with Gasteiger partial charge in [-0.1, -0.05) is 26.7 Å². The average Bonchev–Trinajstić information content (AvgIpc) is 2.79. The Morgan fingerprint density at radius 3 is 2.55 bits per heavy atom. The van der Waals surface area contributed by atoms with Crippen LogP contribution >= 0.6 is 0 Å². The molecule has 0 aromatic carbocycles. The highest BCUT2D eigenvalue weighted by Crippen LogP contribution is 2.35. The van der Waals surface area contributed by atoms with Crippen molar-refractivity contribution < 1.29 is 9.59 Å². The summed E-state index contributed by atoms with van der Waals surface area (Å²) in [4.78, 5) is 26.1. The van der Waals surface area contributed by atoms with E-state index in [1.54, 1.807) is 6.92 Å². The van der Waals surface area contributed by atoms with E-state index in [1.807, 2.05) is 13.8 Å². The van der Waals surface area contributed by atoms with E-state index < -0.39 is 0 Å². The fourth-order valence-electron chi connectivity index (χ4n) is 3.84. The number of hydrogen-bond acceptors (Lipinski definition) is 3. The van der Waals surface area contributed by atoms with Crippen LogP contribution in [0.5, 0.6) is 0 Å². The molecule has 2 aliphatic rings. The van der Waals surface area contributed by atoms with Gasteiger partial charge in [0.15, 0.2) is 5.78 Å². The first-order valence-electron chi connectivity index (χ1n) is 8.03. The minimum absolute atomic E-state index is 0.00474. The molecule has 1 amide bonds. The number of carbonyl (C=O) groups is 2. The van der Waals surface area contributed by atoms with Crippen LogP contribution in [0.25, 0.3) is 0 Å². The topological polar surface area (TPSA) is 49.4 Å². The molecule has 20 heavy (non-hydrogen) atoms. The number of nitrogens with one attached hydrogen (secondary N) is 1. The van der Waals surface area contributed by atoms with Crippen LogP contribution in [0.4, 0.5) is 0 Å². The number of fused-ring (bicyclic) bond motifs is 1. The Hall–Kier alpha value is -0.900. The van der Waals surface area contributed by atoms with Crippen LogP contribution in [0, 0.1) is 11.8 Å². The molecular weight excluding hydrogens is 252 g/mol. The maximum Gasteiger partial charge on any atom is 0.234 e. The average molecular weight is 280 g/mol. The fourth-order valence-corrected chi connectivity index (χ4v) is 3.84. The van der Waals surface area contributed by atoms with Gasteiger partial charge in [0, 0.05) is 6.04 Å². The van der Waals surface area contributed by atoms with Crippen LogP contribution in [0.1, 0.15) is 52.9 Å². The number of likely N-dealkylation sites (tertiary alicyclic amines) is 1. The van der Waals surface area contributed by atoms with Crippen LogP contribution in [0.15, 0.2) is 0 Å². The summed E-state index contributed by atoms with van der Waals surface area (Å²) < 4.78 is 0. The summed E-state index contributed by atoms with van der Waals surface area (Å²) in [5.41, 5.74) is 0. The summed E-state index contributed by atoms with van der Waals surface area (Å²) in [6.07, 6.45) is 6.43. The van der Waals surface area contributed by atoms with Crippen LogP contribution in [-0.2, 0) is 9.59 Å². The van der Waals surface area contributed by atoms with Crippen molar-refractivity contribution in [2.45, 2.75) is 65.0 Å². The predicted molar refractivity (Wildman–Crippen MR) is 79.4 cm³/mol. The van der Waals surface area contributed by atoms with E-state index >= 15 is 0 Å². The molecule has 3 atom stereocenters. The van der Waals surface area contributed by atoms with E-state index in [0.717, 1.165) is 12.5 Å². The molecule has 2 rings (SSSR count). The van der Waals surface area contributed by atoms with Gasteiger partial charge in [-0.2, -0.15) is 0 Å². The summed E-state index contributed by atoms with van der Waals surface area (Å²) in [5.74, 6) is 0.998. The molecule has 0 spiro atoms. The lowest BCUT2D eigenvalue weighted by Gasteiger charge is -2.31. The molecule has 1 aliphatic carbocycles. The van der Waals surface area contributed by atoms with Crippen molar-refractivity contribution in [3.8, 4) is 0 Å². The van der Waals surface area contributed by atoms with Gasteiger partial charge in [0.25, 0.3) is 0 Å². The smallest absolute Gasteiger partial charge is 0.234 e. The summed E-state index contributed by atoms with van der Waals surface area (Å²) >= 11 is 0. The Labute approximate surface area is 122 Å². The van der Waals surface area contributed by atoms with Crippen molar-refractivity contribution in [2.75, 3.05) is 13.1 Å². The van der Waals surface area contributed by atoms with E-state index in [1.165, 1.54) is 32.1 Å². The molecule has 0 bridgehead atoms. The highest BCUT2D eigenvalue weighted by Gasteiger charge is 2.36. The van der Waals surface area contributed by atoms with Gasteiger partial charge in [-0.25, -0.2) is 0 Å². The lowest BCUT2D eigenvalue weighted by atomic mass is 9.85. The summed E-state index contributed by atoms with van der Waals surface area (Å²) in [6, 6.07) is 0.261. The van der Waals surface area contributed by atoms with Crippen molar-refractivity contribution in [3.63, 3.8) is 0 Å². The van der Waals surface area contributed by atoms with Crippen LogP contribution < -0.4 is 5.32 Å². The van der Waals surface area contributed by atoms with E-state index in [4.69, 9.17) is 0 Å². The molecule has 3 unspecified atom stereocenters. The van der Waals surface area contributed by atoms with Gasteiger partial charge in [-0.3, -0.25) is 14.5 Å². The number of rotatable bonds is 5. The number of carbonyl (C=O) groups excluding carboxylic acids is 2. The lowest BCUT2D eigenvalue weighted by molar-refractivity contribution is -0.128. The predicted octanol–water partition coefficient (Wildman–Crippen LogP) is 1.98. The van der Waals surface area contributed by atoms with Crippen LogP contribution in [0.3, 0.4) is 0 Å². The zero-order valence-electron chi connectivity index (χ0n) is 13.0. The van der Waals surface area contributed by atoms with E-state index in [0.29, 0.717) is 12.6 Å². The SMILES string of the molecule is CC(=O)C(NC(=O)CN1CCC2CCCCC21)C(C)C. The zero-order chi connectivity index (χ0) is 14.7. The van der Waals surface area contributed by atoms with Crippen molar-refractivity contribution in [2.24, 2.45) is 11.8 Å². The molecule has 0 radical (unpaired) electrons. The Bertz CT molecular complexity index is 367. The molecule has 0 aromatic rings. The first-order chi connectivity index (χ1) is 9.49. The molecule has 4 nitrogen and oxygen atoms in total. The minimum Gasteiger partial charge on any atom is -0.345 e. The Balaban J connectivity index is 1.86. The van der Waals surface area contributed by atoms with Crippen LogP contribution in [-0.4, -0.2) is 41.8 Å². The highest BCUT2D eigenvalue weighted by atomic mass is 16.2. The van der Waals surface area contributed by atoms with E-state index in [-0.39, 0.29) is 23.7 Å². The first kappa shape index (κ1) is 15.5. The van der Waals surface area contributed by atoms with Gasteiger partial charge in [0.1, 0.15) is 0 Å². The van der Waals surface area contributed by atoms with Gasteiger partial charge in [0.05, 0.1) is 12.6 Å². The van der Waals surface area contributed by atoms with Crippen LogP contribution in [0.2, 0.25) is 0 Å². The Morgan fingerprint density at radius 2 is 1.90 bits per heavy atom. The zero-order valence-corrected chi connectivity index (χ0v) is 13.0. The molecule has 1 heterocycles. The second kappa shape index (κ2) is 6.70. The number of hydrogen-bond donors (Lipinski definition) is 1. The number of Topliss-reactive ketones (excluding diaryl/α,β-unsaturated/α-hetero) is 1. The van der Waals surface area contributed by atoms with Gasteiger partial charge in [0.2, 0.25) is 5.91 Å². The maximum absolute atomic E-state index is 12.2. The Morgan fingerprint density at radius 1 is 1.20 bits per heavy atom. The molecule has 0 aromatic heterocycles. The highest BCUT2D eigenvalue weighted by molar-refractivity contribution is 5.88. The normalized spacial score (nSPS) is 28.2. The monoisotopic (exact) mass is 280 g/mol. The van der Waals surface area contributed by atoms with Crippen molar-refractivity contribution in [1.82, 2.24) is 10.2 Å². The summed E-state index contributed by atoms with van der Waals surface area (Å²) in [7, 11) is 0. The quantitative estimate of drug-likeness (QED) is 0.838. The molecule has 2 fully saturated rings. The number of nitrogens with zero attached hydrogens (tertiary/aromatic N) is 1. The number of ketones is 1. The largest absolute Gasteiger partial charge is 0.345 e. The fraction of sp³-hybridized carbons (Fsp3) is 0.875. The first-order valence-corrected chi connectivity index (χ1v) is 8.03. The third-order valence-electron chi connectivity index (χ3n) is 4.89. The lowest BCUT2D eigenvalue weighted by Crippen LogP contribution is -2.48.